The van der Waals surface area contributed by atoms with E-state index in [2.05, 4.69) is 54.7 Å². The Kier molecular flexibility index (Phi) is 4.49. The second kappa shape index (κ2) is 6.55. The van der Waals surface area contributed by atoms with Gasteiger partial charge in [0.2, 0.25) is 5.91 Å². The Labute approximate surface area is 137 Å². The highest BCUT2D eigenvalue weighted by Gasteiger charge is 2.22. The van der Waals surface area contributed by atoms with Crippen LogP contribution in [0.2, 0.25) is 0 Å². The maximum atomic E-state index is 11.5. The zero-order valence-corrected chi connectivity index (χ0v) is 13.8. The number of carbonyl (C=O) groups is 1. The molecule has 0 saturated heterocycles. The van der Waals surface area contributed by atoms with E-state index in [-0.39, 0.29) is 18.0 Å². The minimum atomic E-state index is -0.138. The quantitative estimate of drug-likeness (QED) is 0.911. The van der Waals surface area contributed by atoms with E-state index in [1.807, 2.05) is 0 Å². The van der Waals surface area contributed by atoms with Crippen LogP contribution in [-0.2, 0) is 11.2 Å². The topological polar surface area (TPSA) is 55.1 Å². The third-order valence-electron chi connectivity index (χ3n) is 4.66. The molecule has 0 radical (unpaired) electrons. The molecule has 0 fully saturated rings. The third kappa shape index (κ3) is 3.45. The highest BCUT2D eigenvalue weighted by molar-refractivity contribution is 5.73. The lowest BCUT2D eigenvalue weighted by Gasteiger charge is -2.27. The fourth-order valence-corrected chi connectivity index (χ4v) is 3.37. The smallest absolute Gasteiger partial charge is 0.217 e. The summed E-state index contributed by atoms with van der Waals surface area (Å²) in [6, 6.07) is 14.8. The van der Waals surface area contributed by atoms with Crippen molar-refractivity contribution < 1.29 is 4.79 Å². The first-order valence-corrected chi connectivity index (χ1v) is 8.26. The summed E-state index contributed by atoms with van der Waals surface area (Å²) in [5.41, 5.74) is 12.5. The molecule has 0 bridgehead atoms. The second-order valence-corrected chi connectivity index (χ2v) is 6.49. The number of nitrogens with two attached hydrogens (primary N) is 1. The lowest BCUT2D eigenvalue weighted by atomic mass is 9.85. The molecule has 2 atom stereocenters. The summed E-state index contributed by atoms with van der Waals surface area (Å²) in [4.78, 5) is 11.5. The maximum absolute atomic E-state index is 11.5. The number of benzene rings is 2. The number of aryl methyl sites for hydroxylation is 2. The summed E-state index contributed by atoms with van der Waals surface area (Å²) in [6.45, 7) is 3.66. The maximum Gasteiger partial charge on any atom is 0.217 e. The summed E-state index contributed by atoms with van der Waals surface area (Å²) in [7, 11) is 0. The summed E-state index contributed by atoms with van der Waals surface area (Å²) in [6.07, 6.45) is 3.18. The van der Waals surface area contributed by atoms with E-state index in [1.165, 1.54) is 16.7 Å². The number of hydrogen-bond donors (Lipinski definition) is 2. The van der Waals surface area contributed by atoms with E-state index in [9.17, 15) is 4.79 Å². The molecule has 0 heterocycles. The van der Waals surface area contributed by atoms with Crippen molar-refractivity contribution in [2.24, 2.45) is 5.73 Å². The largest absolute Gasteiger partial charge is 0.350 e. The van der Waals surface area contributed by atoms with Gasteiger partial charge in [0, 0.05) is 6.92 Å². The minimum Gasteiger partial charge on any atom is -0.350 e. The number of rotatable bonds is 3. The highest BCUT2D eigenvalue weighted by atomic mass is 16.1. The van der Waals surface area contributed by atoms with Gasteiger partial charge in [-0.1, -0.05) is 48.0 Å². The molecule has 3 N–H and O–H groups in total. The molecule has 3 rings (SSSR count). The van der Waals surface area contributed by atoms with Crippen LogP contribution in [0.4, 0.5) is 0 Å². The van der Waals surface area contributed by atoms with E-state index in [0.717, 1.165) is 30.4 Å². The molecule has 3 heteroatoms. The summed E-state index contributed by atoms with van der Waals surface area (Å²) >= 11 is 0. The van der Waals surface area contributed by atoms with Crippen LogP contribution in [-0.4, -0.2) is 5.91 Å². The van der Waals surface area contributed by atoms with Crippen LogP contribution in [0, 0.1) is 6.92 Å². The Morgan fingerprint density at radius 3 is 2.57 bits per heavy atom. The molecule has 2 aromatic carbocycles. The third-order valence-corrected chi connectivity index (χ3v) is 4.66. The van der Waals surface area contributed by atoms with E-state index in [4.69, 9.17) is 5.73 Å². The van der Waals surface area contributed by atoms with Gasteiger partial charge in [0.05, 0.1) is 12.1 Å². The standard InChI is InChI=1S/C20H24N2O/c1-13-6-8-16(9-7-13)20(21)17-11-10-15-4-3-5-19(18(15)12-17)22-14(2)23/h6-12,19-20H,3-5,21H2,1-2H3,(H,22,23). The number of hydrogen-bond acceptors (Lipinski definition) is 2. The molecule has 3 nitrogen and oxygen atoms in total. The Balaban J connectivity index is 1.92. The van der Waals surface area contributed by atoms with E-state index in [0.29, 0.717) is 0 Å². The van der Waals surface area contributed by atoms with Crippen LogP contribution in [0.25, 0.3) is 0 Å². The Bertz CT molecular complexity index is 706. The van der Waals surface area contributed by atoms with Crippen molar-refractivity contribution in [1.82, 2.24) is 5.32 Å². The SMILES string of the molecule is CC(=O)NC1CCCc2ccc(C(N)c3ccc(C)cc3)cc21. The van der Waals surface area contributed by atoms with Crippen molar-refractivity contribution >= 4 is 5.91 Å². The highest BCUT2D eigenvalue weighted by Crippen LogP contribution is 2.32. The minimum absolute atomic E-state index is 0.0242. The first kappa shape index (κ1) is 15.8. The molecule has 2 unspecified atom stereocenters. The van der Waals surface area contributed by atoms with Gasteiger partial charge in [0.15, 0.2) is 0 Å². The molecule has 1 aliphatic rings. The fraction of sp³-hybridized carbons (Fsp3) is 0.350. The van der Waals surface area contributed by atoms with Gasteiger partial charge in [0.1, 0.15) is 0 Å². The summed E-state index contributed by atoms with van der Waals surface area (Å²) in [5.74, 6) is 0.0242. The van der Waals surface area contributed by atoms with Gasteiger partial charge < -0.3 is 11.1 Å². The van der Waals surface area contributed by atoms with E-state index < -0.39 is 0 Å². The van der Waals surface area contributed by atoms with Crippen molar-refractivity contribution in [3.63, 3.8) is 0 Å². The van der Waals surface area contributed by atoms with Crippen LogP contribution in [0.15, 0.2) is 42.5 Å². The van der Waals surface area contributed by atoms with Gasteiger partial charge in [-0.15, -0.1) is 0 Å². The van der Waals surface area contributed by atoms with Gasteiger partial charge in [0.25, 0.3) is 0 Å². The molecule has 0 aromatic heterocycles. The van der Waals surface area contributed by atoms with Crippen molar-refractivity contribution in [1.29, 1.82) is 0 Å². The molecular weight excluding hydrogens is 284 g/mol. The van der Waals surface area contributed by atoms with Crippen LogP contribution in [0.5, 0.6) is 0 Å². The molecule has 0 spiro atoms. The Morgan fingerprint density at radius 1 is 1.17 bits per heavy atom. The average Bonchev–Trinajstić information content (AvgIpc) is 2.54. The molecule has 120 valence electrons. The second-order valence-electron chi connectivity index (χ2n) is 6.49. The lowest BCUT2D eigenvalue weighted by molar-refractivity contribution is -0.119. The van der Waals surface area contributed by atoms with Crippen molar-refractivity contribution in [3.8, 4) is 0 Å². The van der Waals surface area contributed by atoms with Crippen LogP contribution in [0.3, 0.4) is 0 Å². The van der Waals surface area contributed by atoms with Crippen molar-refractivity contribution in [2.45, 2.75) is 45.2 Å². The number of fused-ring (bicyclic) bond motifs is 1. The van der Waals surface area contributed by atoms with E-state index in [1.54, 1.807) is 6.92 Å². The lowest BCUT2D eigenvalue weighted by Crippen LogP contribution is -2.29. The van der Waals surface area contributed by atoms with Crippen LogP contribution < -0.4 is 11.1 Å². The molecular formula is C20H24N2O. The normalized spacial score (nSPS) is 18.1. The van der Waals surface area contributed by atoms with Crippen molar-refractivity contribution in [3.05, 3.63) is 70.3 Å². The van der Waals surface area contributed by atoms with Gasteiger partial charge in [-0.2, -0.15) is 0 Å². The van der Waals surface area contributed by atoms with E-state index >= 15 is 0 Å². The Morgan fingerprint density at radius 2 is 1.87 bits per heavy atom. The first-order chi connectivity index (χ1) is 11.0. The number of amides is 1. The predicted octanol–water partition coefficient (Wildman–Crippen LogP) is 3.56. The predicted molar refractivity (Wildman–Crippen MR) is 93.1 cm³/mol. The first-order valence-electron chi connectivity index (χ1n) is 8.26. The number of nitrogens with one attached hydrogen (secondary N) is 1. The zero-order chi connectivity index (χ0) is 16.4. The zero-order valence-electron chi connectivity index (χ0n) is 13.8. The summed E-state index contributed by atoms with van der Waals surface area (Å²) in [5, 5.41) is 3.07. The molecule has 1 amide bonds. The van der Waals surface area contributed by atoms with Crippen LogP contribution >= 0.6 is 0 Å². The molecule has 1 aliphatic carbocycles. The van der Waals surface area contributed by atoms with Gasteiger partial charge >= 0.3 is 0 Å². The Hall–Kier alpha value is -2.13. The van der Waals surface area contributed by atoms with Gasteiger partial charge in [-0.05, 0) is 48.4 Å². The molecule has 23 heavy (non-hydrogen) atoms. The van der Waals surface area contributed by atoms with Gasteiger partial charge in [-0.3, -0.25) is 4.79 Å². The molecule has 0 saturated carbocycles. The van der Waals surface area contributed by atoms with Gasteiger partial charge in [-0.25, -0.2) is 0 Å². The van der Waals surface area contributed by atoms with Crippen LogP contribution in [0.1, 0.15) is 59.7 Å². The molecule has 0 aliphatic heterocycles. The fourth-order valence-electron chi connectivity index (χ4n) is 3.37. The average molecular weight is 308 g/mol. The van der Waals surface area contributed by atoms with Crippen molar-refractivity contribution in [2.75, 3.05) is 0 Å². The summed E-state index contributed by atoms with van der Waals surface area (Å²) < 4.78 is 0. The monoisotopic (exact) mass is 308 g/mol. The number of carbonyl (C=O) groups excluding carboxylic acids is 1. The molecule has 2 aromatic rings.